The predicted octanol–water partition coefficient (Wildman–Crippen LogP) is 6.36. The van der Waals surface area contributed by atoms with Crippen molar-refractivity contribution in [3.05, 3.63) is 29.9 Å². The van der Waals surface area contributed by atoms with Crippen molar-refractivity contribution in [1.82, 2.24) is 0 Å². The Labute approximate surface area is 167 Å². The van der Waals surface area contributed by atoms with Crippen molar-refractivity contribution in [2.45, 2.75) is 75.5 Å². The van der Waals surface area contributed by atoms with Gasteiger partial charge in [0.15, 0.2) is 0 Å². The van der Waals surface area contributed by atoms with Crippen molar-refractivity contribution in [2.24, 2.45) is 0 Å². The molecular formula is C20H30ClOPPd. The minimum Gasteiger partial charge on any atom is -0.497 e. The van der Waals surface area contributed by atoms with E-state index in [0.29, 0.717) is 0 Å². The average Bonchev–Trinajstić information content (AvgIpc) is 2.65. The fourth-order valence-electron chi connectivity index (χ4n) is 4.80. The van der Waals surface area contributed by atoms with Crippen LogP contribution in [0.2, 0.25) is 0 Å². The molecule has 24 heavy (non-hydrogen) atoms. The second kappa shape index (κ2) is 9.92. The van der Waals surface area contributed by atoms with Gasteiger partial charge in [0.05, 0.1) is 12.4 Å². The van der Waals surface area contributed by atoms with E-state index in [4.69, 9.17) is 16.3 Å². The van der Waals surface area contributed by atoms with Crippen LogP contribution in [0.1, 0.15) is 64.2 Å². The topological polar surface area (TPSA) is 9.23 Å². The third-order valence-corrected chi connectivity index (χ3v) is 11.9. The number of methoxy groups -OCH3 is 1. The van der Waals surface area contributed by atoms with Gasteiger partial charge in [0, 0.05) is 37.8 Å². The molecule has 1 aromatic carbocycles. The van der Waals surface area contributed by atoms with Gasteiger partial charge in [-0.3, -0.25) is 0 Å². The van der Waals surface area contributed by atoms with Crippen LogP contribution in [-0.4, -0.2) is 18.4 Å². The third kappa shape index (κ3) is 4.20. The monoisotopic (exact) mass is 458 g/mol. The Hall–Kier alpha value is 0.402. The quantitative estimate of drug-likeness (QED) is 0.283. The molecule has 138 valence electrons. The Kier molecular flexibility index (Phi) is 8.56. The van der Waals surface area contributed by atoms with E-state index >= 15 is 0 Å². The van der Waals surface area contributed by atoms with E-state index in [9.17, 15) is 0 Å². The molecule has 0 N–H and O–H groups in total. The summed E-state index contributed by atoms with van der Waals surface area (Å²) in [5.74, 6) is 0.983. The van der Waals surface area contributed by atoms with Gasteiger partial charge in [-0.15, -0.1) is 0 Å². The van der Waals surface area contributed by atoms with E-state index in [1.165, 1.54) is 69.5 Å². The molecule has 0 spiro atoms. The summed E-state index contributed by atoms with van der Waals surface area (Å²) in [6.45, 7) is 0. The van der Waals surface area contributed by atoms with Crippen molar-refractivity contribution in [3.8, 4) is 5.75 Å². The molecule has 0 aromatic heterocycles. The van der Waals surface area contributed by atoms with Crippen LogP contribution in [0.5, 0.6) is 5.75 Å². The van der Waals surface area contributed by atoms with Gasteiger partial charge in [0.2, 0.25) is 0 Å². The first-order chi connectivity index (χ1) is 11.3. The Morgan fingerprint density at radius 1 is 0.958 bits per heavy atom. The fraction of sp³-hybridized carbons (Fsp3) is 0.650. The molecule has 2 fully saturated rings. The van der Waals surface area contributed by atoms with Crippen molar-refractivity contribution < 1.29 is 25.2 Å². The molecule has 0 atom stereocenters. The van der Waals surface area contributed by atoms with E-state index < -0.39 is 7.26 Å². The maximum Gasteiger partial charge on any atom is 0.122 e. The maximum absolute atomic E-state index is 6.70. The molecule has 3 rings (SSSR count). The first-order valence-electron chi connectivity index (χ1n) is 9.28. The second-order valence-corrected chi connectivity index (χ2v) is 11.6. The molecule has 0 amide bonds. The molecular weight excluding hydrogens is 429 g/mol. The van der Waals surface area contributed by atoms with Gasteiger partial charge >= 0.3 is 0 Å². The van der Waals surface area contributed by atoms with Crippen LogP contribution in [0.4, 0.5) is 0 Å². The smallest absolute Gasteiger partial charge is 0.122 e. The largest absolute Gasteiger partial charge is 0.497 e. The molecule has 0 saturated heterocycles. The van der Waals surface area contributed by atoms with E-state index in [0.717, 1.165) is 17.1 Å². The van der Waals surface area contributed by atoms with Gasteiger partial charge in [-0.1, -0.05) is 31.8 Å². The van der Waals surface area contributed by atoms with Crippen LogP contribution in [0.3, 0.4) is 0 Å². The zero-order valence-electron chi connectivity index (χ0n) is 14.7. The van der Waals surface area contributed by atoms with Gasteiger partial charge in [0.25, 0.3) is 0 Å². The van der Waals surface area contributed by atoms with Crippen LogP contribution in [0.25, 0.3) is 0 Å². The minimum atomic E-state index is -1.46. The molecule has 4 heteroatoms. The molecule has 0 heterocycles. The first-order valence-corrected chi connectivity index (χ1v) is 11.7. The standard InChI is InChI=1S/C20H30ClOP.Pd/c1-22-17-9-8-14-20(15-17)23(16-21,18-10-4-2-5-11-18)19-12-6-3-7-13-19;/h8-9,14-16,18-19H,2-7,10-13H2,1H3;. The van der Waals surface area contributed by atoms with Crippen LogP contribution in [-0.2, 0) is 20.4 Å². The number of hydrogen-bond donors (Lipinski definition) is 0. The summed E-state index contributed by atoms with van der Waals surface area (Å²) in [5, 5.41) is 1.49. The molecule has 0 bridgehead atoms. The summed E-state index contributed by atoms with van der Waals surface area (Å²) in [5.41, 5.74) is 3.75. The van der Waals surface area contributed by atoms with Crippen LogP contribution < -0.4 is 10.0 Å². The summed E-state index contributed by atoms with van der Waals surface area (Å²) in [6.07, 6.45) is 13.8. The maximum atomic E-state index is 6.70. The minimum absolute atomic E-state index is 0. The zero-order valence-corrected chi connectivity index (χ0v) is 17.9. The van der Waals surface area contributed by atoms with Gasteiger partial charge in [-0.05, 0) is 63.5 Å². The Balaban J connectivity index is 0.00000208. The molecule has 2 saturated carbocycles. The second-order valence-electron chi connectivity index (χ2n) is 7.22. The van der Waals surface area contributed by atoms with Crippen molar-refractivity contribution in [3.63, 3.8) is 0 Å². The number of ether oxygens (including phenoxy) is 1. The van der Waals surface area contributed by atoms with E-state index in [-0.39, 0.29) is 20.4 Å². The molecule has 1 aromatic rings. The molecule has 2 aliphatic carbocycles. The van der Waals surface area contributed by atoms with E-state index in [2.05, 4.69) is 29.9 Å². The Bertz CT molecular complexity index is 480. The van der Waals surface area contributed by atoms with Gasteiger partial charge in [-0.2, -0.15) is 0 Å². The van der Waals surface area contributed by atoms with Crippen LogP contribution in [0, 0.1) is 5.62 Å². The number of benzene rings is 1. The number of hydrogen-bond acceptors (Lipinski definition) is 1. The number of halogens is 1. The SMILES string of the molecule is COc1cccc([P+]([CH-]Cl)(C2CCCCC2)C2CCCCC2)c1.[Pd]. The summed E-state index contributed by atoms with van der Waals surface area (Å²) < 4.78 is 5.53. The zero-order chi connectivity index (χ0) is 16.1. The van der Waals surface area contributed by atoms with Gasteiger partial charge < -0.3 is 16.3 Å². The van der Waals surface area contributed by atoms with E-state index in [1.807, 2.05) is 0 Å². The Morgan fingerprint density at radius 3 is 1.96 bits per heavy atom. The molecule has 0 aliphatic heterocycles. The Morgan fingerprint density at radius 2 is 1.50 bits per heavy atom. The van der Waals surface area contributed by atoms with Gasteiger partial charge in [-0.25, -0.2) is 0 Å². The molecule has 0 radical (unpaired) electrons. The van der Waals surface area contributed by atoms with Crippen LogP contribution in [0.15, 0.2) is 24.3 Å². The summed E-state index contributed by atoms with van der Waals surface area (Å²) >= 11 is 6.70. The summed E-state index contributed by atoms with van der Waals surface area (Å²) in [7, 11) is 0.309. The van der Waals surface area contributed by atoms with Crippen molar-refractivity contribution >= 4 is 24.2 Å². The van der Waals surface area contributed by atoms with Crippen molar-refractivity contribution in [2.75, 3.05) is 7.11 Å². The van der Waals surface area contributed by atoms with E-state index in [1.54, 1.807) is 7.11 Å². The average molecular weight is 459 g/mol. The number of rotatable bonds is 5. The van der Waals surface area contributed by atoms with Crippen LogP contribution >= 0.6 is 18.9 Å². The predicted molar refractivity (Wildman–Crippen MR) is 103 cm³/mol. The van der Waals surface area contributed by atoms with Crippen molar-refractivity contribution in [1.29, 1.82) is 0 Å². The van der Waals surface area contributed by atoms with Gasteiger partial charge in [0.1, 0.15) is 5.75 Å². The first kappa shape index (κ1) is 20.7. The third-order valence-electron chi connectivity index (χ3n) is 6.02. The summed E-state index contributed by atoms with van der Waals surface area (Å²) in [4.78, 5) is 0. The molecule has 1 nitrogen and oxygen atoms in total. The normalized spacial score (nSPS) is 20.4. The summed E-state index contributed by atoms with van der Waals surface area (Å²) in [6, 6.07) is 8.84. The fourth-order valence-corrected chi connectivity index (χ4v) is 11.1. The molecule has 2 aliphatic rings. The molecule has 0 unspecified atom stereocenters.